The highest BCUT2D eigenvalue weighted by Gasteiger charge is 2.17. The first-order chi connectivity index (χ1) is 16.6. The molecule has 2 heterocycles. The number of nitrogens with zero attached hydrogens (tertiary/aromatic N) is 4. The molecule has 0 fully saturated rings. The van der Waals surface area contributed by atoms with Crippen LogP contribution in [0.25, 0.3) is 5.57 Å². The van der Waals surface area contributed by atoms with Crippen molar-refractivity contribution in [1.29, 1.82) is 0 Å². The number of rotatable bonds is 10. The van der Waals surface area contributed by atoms with Crippen molar-refractivity contribution in [2.24, 2.45) is 0 Å². The summed E-state index contributed by atoms with van der Waals surface area (Å²) in [5.74, 6) is 0.653. The standard InChI is InChI=1S/C27H33N5O2/c1-21-26(29-30-32(21)20-22-10-12-25(34-2)13-11-22)27(33)28-16-6-7-17-31-18-14-24(15-19-31)23-8-4-3-5-9-23/h3-5,8-14H,6-7,15-20H2,1-2H3,(H,28,33). The number of ether oxygens (including phenoxy) is 1. The van der Waals surface area contributed by atoms with Crippen LogP contribution in [0.3, 0.4) is 0 Å². The van der Waals surface area contributed by atoms with Crippen molar-refractivity contribution in [2.45, 2.75) is 32.7 Å². The van der Waals surface area contributed by atoms with Gasteiger partial charge in [0.1, 0.15) is 5.75 Å². The van der Waals surface area contributed by atoms with Gasteiger partial charge in [-0.05, 0) is 61.6 Å². The Morgan fingerprint density at radius 3 is 2.59 bits per heavy atom. The number of hydrogen-bond donors (Lipinski definition) is 1. The van der Waals surface area contributed by atoms with E-state index in [0.717, 1.165) is 55.9 Å². The molecule has 7 nitrogen and oxygen atoms in total. The first kappa shape index (κ1) is 23.7. The van der Waals surface area contributed by atoms with Gasteiger partial charge in [0.05, 0.1) is 19.3 Å². The lowest BCUT2D eigenvalue weighted by Gasteiger charge is -2.26. The van der Waals surface area contributed by atoms with Crippen LogP contribution in [0, 0.1) is 6.92 Å². The molecule has 0 saturated heterocycles. The van der Waals surface area contributed by atoms with Gasteiger partial charge in [0.25, 0.3) is 5.91 Å². The molecule has 7 heteroatoms. The molecule has 1 aliphatic heterocycles. The van der Waals surface area contributed by atoms with Crippen molar-refractivity contribution in [3.63, 3.8) is 0 Å². The Kier molecular flexibility index (Phi) is 8.09. The maximum absolute atomic E-state index is 12.6. The Morgan fingerprint density at radius 1 is 1.09 bits per heavy atom. The van der Waals surface area contributed by atoms with E-state index in [1.165, 1.54) is 11.1 Å². The molecule has 0 bridgehead atoms. The Hall–Kier alpha value is -3.45. The summed E-state index contributed by atoms with van der Waals surface area (Å²) in [7, 11) is 1.65. The van der Waals surface area contributed by atoms with Crippen molar-refractivity contribution in [3.8, 4) is 5.75 Å². The van der Waals surface area contributed by atoms with Gasteiger partial charge in [-0.2, -0.15) is 0 Å². The molecule has 0 spiro atoms. The highest BCUT2D eigenvalue weighted by molar-refractivity contribution is 5.93. The summed E-state index contributed by atoms with van der Waals surface area (Å²) < 4.78 is 6.95. The number of aromatic nitrogens is 3. The third-order valence-corrected chi connectivity index (χ3v) is 6.31. The van der Waals surface area contributed by atoms with E-state index in [4.69, 9.17) is 4.74 Å². The molecule has 178 valence electrons. The highest BCUT2D eigenvalue weighted by atomic mass is 16.5. The van der Waals surface area contributed by atoms with Gasteiger partial charge in [-0.15, -0.1) is 5.10 Å². The third kappa shape index (κ3) is 6.11. The molecule has 34 heavy (non-hydrogen) atoms. The summed E-state index contributed by atoms with van der Waals surface area (Å²) in [6.07, 6.45) is 5.43. The van der Waals surface area contributed by atoms with Crippen LogP contribution in [0.5, 0.6) is 5.75 Å². The van der Waals surface area contributed by atoms with Crippen LogP contribution in [0.1, 0.15) is 46.6 Å². The summed E-state index contributed by atoms with van der Waals surface area (Å²) in [6.45, 7) is 6.21. The summed E-state index contributed by atoms with van der Waals surface area (Å²) in [5, 5.41) is 11.3. The van der Waals surface area contributed by atoms with E-state index in [2.05, 4.69) is 56.9 Å². The van der Waals surface area contributed by atoms with Crippen LogP contribution in [0.15, 0.2) is 60.7 Å². The molecule has 1 N–H and O–H groups in total. The second-order valence-corrected chi connectivity index (χ2v) is 8.64. The van der Waals surface area contributed by atoms with E-state index >= 15 is 0 Å². The number of unbranched alkanes of at least 4 members (excludes halogenated alkanes) is 1. The second-order valence-electron chi connectivity index (χ2n) is 8.64. The van der Waals surface area contributed by atoms with Crippen LogP contribution >= 0.6 is 0 Å². The topological polar surface area (TPSA) is 72.3 Å². The average molecular weight is 460 g/mol. The lowest BCUT2D eigenvalue weighted by molar-refractivity contribution is 0.0947. The third-order valence-electron chi connectivity index (χ3n) is 6.31. The molecule has 3 aromatic rings. The number of carbonyl (C=O) groups excluding carboxylic acids is 1. The van der Waals surface area contributed by atoms with Crippen molar-refractivity contribution >= 4 is 11.5 Å². The van der Waals surface area contributed by atoms with Crippen molar-refractivity contribution in [1.82, 2.24) is 25.2 Å². The van der Waals surface area contributed by atoms with Crippen molar-refractivity contribution in [2.75, 3.05) is 33.3 Å². The molecule has 1 amide bonds. The van der Waals surface area contributed by atoms with E-state index in [1.807, 2.05) is 31.2 Å². The van der Waals surface area contributed by atoms with E-state index in [1.54, 1.807) is 11.8 Å². The molecule has 1 aromatic heterocycles. The molecule has 0 radical (unpaired) electrons. The number of benzene rings is 2. The number of nitrogens with one attached hydrogen (secondary N) is 1. The number of hydrogen-bond acceptors (Lipinski definition) is 5. The lowest BCUT2D eigenvalue weighted by atomic mass is 9.99. The molecular weight excluding hydrogens is 426 g/mol. The molecule has 2 aromatic carbocycles. The molecule has 0 saturated carbocycles. The van der Waals surface area contributed by atoms with Crippen LogP contribution in [-0.4, -0.2) is 59.1 Å². The number of methoxy groups -OCH3 is 1. The molecule has 0 aliphatic carbocycles. The molecule has 0 unspecified atom stereocenters. The van der Waals surface area contributed by atoms with Gasteiger partial charge in [0.15, 0.2) is 5.69 Å². The molecular formula is C27H33N5O2. The molecule has 1 aliphatic rings. The van der Waals surface area contributed by atoms with Crippen LogP contribution in [0.2, 0.25) is 0 Å². The van der Waals surface area contributed by atoms with Crippen molar-refractivity contribution in [3.05, 3.63) is 83.2 Å². The minimum atomic E-state index is -0.160. The monoisotopic (exact) mass is 459 g/mol. The van der Waals surface area contributed by atoms with Gasteiger partial charge in [-0.1, -0.05) is 53.8 Å². The maximum atomic E-state index is 12.6. The Bertz CT molecular complexity index is 1110. The predicted octanol–water partition coefficient (Wildman–Crippen LogP) is 3.94. The van der Waals surface area contributed by atoms with Gasteiger partial charge in [0.2, 0.25) is 0 Å². The van der Waals surface area contributed by atoms with E-state index in [9.17, 15) is 4.79 Å². The largest absolute Gasteiger partial charge is 0.497 e. The Labute approximate surface area is 201 Å². The van der Waals surface area contributed by atoms with Gasteiger partial charge < -0.3 is 10.1 Å². The Morgan fingerprint density at radius 2 is 1.88 bits per heavy atom. The summed E-state index contributed by atoms with van der Waals surface area (Å²) in [5.41, 5.74) is 5.01. The quantitative estimate of drug-likeness (QED) is 0.465. The van der Waals surface area contributed by atoms with Crippen LogP contribution in [0.4, 0.5) is 0 Å². The summed E-state index contributed by atoms with van der Waals surface area (Å²) >= 11 is 0. The summed E-state index contributed by atoms with van der Waals surface area (Å²) in [6, 6.07) is 18.4. The fourth-order valence-corrected chi connectivity index (χ4v) is 4.20. The first-order valence-corrected chi connectivity index (χ1v) is 11.9. The number of carbonyl (C=O) groups is 1. The lowest BCUT2D eigenvalue weighted by Crippen LogP contribution is -2.30. The fraction of sp³-hybridized carbons (Fsp3) is 0.370. The maximum Gasteiger partial charge on any atom is 0.273 e. The molecule has 4 rings (SSSR count). The van der Waals surface area contributed by atoms with Gasteiger partial charge in [0, 0.05) is 19.6 Å². The fourth-order valence-electron chi connectivity index (χ4n) is 4.20. The predicted molar refractivity (Wildman–Crippen MR) is 134 cm³/mol. The van der Waals surface area contributed by atoms with Gasteiger partial charge in [-0.25, -0.2) is 4.68 Å². The minimum Gasteiger partial charge on any atom is -0.497 e. The highest BCUT2D eigenvalue weighted by Crippen LogP contribution is 2.22. The smallest absolute Gasteiger partial charge is 0.273 e. The molecule has 0 atom stereocenters. The SMILES string of the molecule is COc1ccc(Cn2nnc(C(=O)NCCCCN3CC=C(c4ccccc4)CC3)c2C)cc1. The zero-order valence-electron chi connectivity index (χ0n) is 20.0. The van der Waals surface area contributed by atoms with E-state index in [0.29, 0.717) is 18.8 Å². The Balaban J connectivity index is 1.17. The van der Waals surface area contributed by atoms with Gasteiger partial charge >= 0.3 is 0 Å². The zero-order chi connectivity index (χ0) is 23.8. The zero-order valence-corrected chi connectivity index (χ0v) is 20.0. The van der Waals surface area contributed by atoms with Crippen LogP contribution in [-0.2, 0) is 6.54 Å². The average Bonchev–Trinajstić information content (AvgIpc) is 3.25. The second kappa shape index (κ2) is 11.6. The summed E-state index contributed by atoms with van der Waals surface area (Å²) in [4.78, 5) is 15.1. The normalized spacial score (nSPS) is 14.0. The van der Waals surface area contributed by atoms with Crippen LogP contribution < -0.4 is 10.1 Å². The minimum absolute atomic E-state index is 0.160. The van der Waals surface area contributed by atoms with E-state index in [-0.39, 0.29) is 5.91 Å². The van der Waals surface area contributed by atoms with Gasteiger partial charge in [-0.3, -0.25) is 9.69 Å². The van der Waals surface area contributed by atoms with E-state index < -0.39 is 0 Å². The number of amides is 1. The first-order valence-electron chi connectivity index (χ1n) is 11.9. The van der Waals surface area contributed by atoms with Crippen molar-refractivity contribution < 1.29 is 9.53 Å².